The number of pyridine rings is 1. The van der Waals surface area contributed by atoms with Crippen LogP contribution < -0.4 is 5.73 Å². The zero-order valence-electron chi connectivity index (χ0n) is 8.35. The number of nitrogens with zero attached hydrogens (tertiary/aromatic N) is 1. The molecule has 1 heterocycles. The summed E-state index contributed by atoms with van der Waals surface area (Å²) in [7, 11) is 0. The van der Waals surface area contributed by atoms with Crippen LogP contribution in [0.25, 0.3) is 11.1 Å². The summed E-state index contributed by atoms with van der Waals surface area (Å²) in [4.78, 5) is 15.0. The Morgan fingerprint density at radius 1 is 1.19 bits per heavy atom. The van der Waals surface area contributed by atoms with Crippen LogP contribution in [-0.2, 0) is 0 Å². The maximum atomic E-state index is 11.0. The predicted octanol–water partition coefficient (Wildman–Crippen LogP) is 2.50. The van der Waals surface area contributed by atoms with Gasteiger partial charge < -0.3 is 5.73 Å². The molecule has 0 aliphatic heterocycles. The van der Waals surface area contributed by atoms with Gasteiger partial charge in [0.25, 0.3) is 0 Å². The number of amides is 1. The van der Waals surface area contributed by atoms with Crippen molar-refractivity contribution in [2.45, 2.75) is 0 Å². The zero-order chi connectivity index (χ0) is 11.5. The molecule has 0 unspecified atom stereocenters. The number of primary amides is 1. The van der Waals surface area contributed by atoms with E-state index in [1.54, 1.807) is 18.3 Å². The van der Waals surface area contributed by atoms with E-state index in [1.165, 1.54) is 6.20 Å². The summed E-state index contributed by atoms with van der Waals surface area (Å²) in [5, 5.41) is 0.641. The summed E-state index contributed by atoms with van der Waals surface area (Å²) in [5.74, 6) is -0.489. The summed E-state index contributed by atoms with van der Waals surface area (Å²) in [6.45, 7) is 0. The third-order valence-corrected chi connectivity index (χ3v) is 2.42. The van der Waals surface area contributed by atoms with E-state index in [0.29, 0.717) is 10.6 Å². The van der Waals surface area contributed by atoms with Gasteiger partial charge in [0.05, 0.1) is 5.56 Å². The highest BCUT2D eigenvalue weighted by molar-refractivity contribution is 6.30. The van der Waals surface area contributed by atoms with Gasteiger partial charge in [-0.1, -0.05) is 23.7 Å². The Bertz CT molecular complexity index is 540. The third kappa shape index (κ3) is 2.20. The summed E-state index contributed by atoms with van der Waals surface area (Å²) in [5.41, 5.74) is 7.30. The highest BCUT2D eigenvalue weighted by Crippen LogP contribution is 2.22. The number of rotatable bonds is 2. The molecule has 4 heteroatoms. The standard InChI is InChI=1S/C12H9ClN2O/c13-11-3-1-2-8(5-11)9-4-10(12(14)16)7-15-6-9/h1-7H,(H2,14,16). The van der Waals surface area contributed by atoms with E-state index in [9.17, 15) is 4.79 Å². The Kier molecular flexibility index (Phi) is 2.88. The van der Waals surface area contributed by atoms with Gasteiger partial charge in [-0.05, 0) is 23.8 Å². The van der Waals surface area contributed by atoms with Crippen molar-refractivity contribution < 1.29 is 4.79 Å². The van der Waals surface area contributed by atoms with Gasteiger partial charge in [-0.3, -0.25) is 9.78 Å². The lowest BCUT2D eigenvalue weighted by atomic mass is 10.1. The molecule has 0 aliphatic rings. The van der Waals surface area contributed by atoms with Crippen LogP contribution in [0, 0.1) is 0 Å². The third-order valence-electron chi connectivity index (χ3n) is 2.18. The van der Waals surface area contributed by atoms with Crippen LogP contribution in [0.5, 0.6) is 0 Å². The van der Waals surface area contributed by atoms with Crippen molar-refractivity contribution in [1.82, 2.24) is 4.98 Å². The van der Waals surface area contributed by atoms with Crippen molar-refractivity contribution in [2.24, 2.45) is 5.73 Å². The Morgan fingerprint density at radius 3 is 2.69 bits per heavy atom. The Labute approximate surface area is 97.9 Å². The molecule has 1 amide bonds. The first kappa shape index (κ1) is 10.6. The van der Waals surface area contributed by atoms with E-state index in [4.69, 9.17) is 17.3 Å². The van der Waals surface area contributed by atoms with Crippen LogP contribution in [0.4, 0.5) is 0 Å². The van der Waals surface area contributed by atoms with Crippen LogP contribution in [0.1, 0.15) is 10.4 Å². The normalized spacial score (nSPS) is 10.1. The number of benzene rings is 1. The molecular formula is C12H9ClN2O. The predicted molar refractivity (Wildman–Crippen MR) is 63.2 cm³/mol. The summed E-state index contributed by atoms with van der Waals surface area (Å²) in [6.07, 6.45) is 3.11. The smallest absolute Gasteiger partial charge is 0.250 e. The number of nitrogens with two attached hydrogens (primary N) is 1. The number of carbonyl (C=O) groups is 1. The van der Waals surface area contributed by atoms with Gasteiger partial charge in [0.15, 0.2) is 0 Å². The molecule has 3 nitrogen and oxygen atoms in total. The van der Waals surface area contributed by atoms with Crippen LogP contribution in [0.3, 0.4) is 0 Å². The fourth-order valence-electron chi connectivity index (χ4n) is 1.40. The zero-order valence-corrected chi connectivity index (χ0v) is 9.11. The van der Waals surface area contributed by atoms with E-state index < -0.39 is 5.91 Å². The summed E-state index contributed by atoms with van der Waals surface area (Å²) in [6, 6.07) is 9.03. The Hall–Kier alpha value is -1.87. The molecule has 0 fully saturated rings. The minimum atomic E-state index is -0.489. The van der Waals surface area contributed by atoms with E-state index >= 15 is 0 Å². The molecule has 80 valence electrons. The Morgan fingerprint density at radius 2 is 2.00 bits per heavy atom. The quantitative estimate of drug-likeness (QED) is 0.865. The van der Waals surface area contributed by atoms with Crippen molar-refractivity contribution in [2.75, 3.05) is 0 Å². The molecule has 0 saturated heterocycles. The number of hydrogen-bond acceptors (Lipinski definition) is 2. The fourth-order valence-corrected chi connectivity index (χ4v) is 1.59. The van der Waals surface area contributed by atoms with Gasteiger partial charge in [0.1, 0.15) is 0 Å². The molecule has 2 N–H and O–H groups in total. The average Bonchev–Trinajstić information content (AvgIpc) is 2.29. The fraction of sp³-hybridized carbons (Fsp3) is 0. The lowest BCUT2D eigenvalue weighted by Crippen LogP contribution is -2.11. The first-order chi connectivity index (χ1) is 7.66. The molecule has 1 aromatic heterocycles. The lowest BCUT2D eigenvalue weighted by molar-refractivity contribution is 0.1000. The number of carbonyl (C=O) groups excluding carboxylic acids is 1. The number of aromatic nitrogens is 1. The van der Waals surface area contributed by atoms with Crippen LogP contribution in [0.2, 0.25) is 5.02 Å². The molecule has 16 heavy (non-hydrogen) atoms. The SMILES string of the molecule is NC(=O)c1cncc(-c2cccc(Cl)c2)c1. The second-order valence-electron chi connectivity index (χ2n) is 3.34. The second kappa shape index (κ2) is 4.33. The molecule has 0 saturated carbocycles. The average molecular weight is 233 g/mol. The lowest BCUT2D eigenvalue weighted by Gasteiger charge is -2.03. The molecule has 0 atom stereocenters. The highest BCUT2D eigenvalue weighted by Gasteiger charge is 2.04. The van der Waals surface area contributed by atoms with Gasteiger partial charge in [-0.25, -0.2) is 0 Å². The van der Waals surface area contributed by atoms with Crippen LogP contribution in [0.15, 0.2) is 42.7 Å². The maximum Gasteiger partial charge on any atom is 0.250 e. The molecule has 0 spiro atoms. The molecule has 2 rings (SSSR count). The molecule has 2 aromatic rings. The van der Waals surface area contributed by atoms with Crippen molar-refractivity contribution in [3.05, 3.63) is 53.3 Å². The molecule has 1 aromatic carbocycles. The Balaban J connectivity index is 2.48. The van der Waals surface area contributed by atoms with Crippen molar-refractivity contribution in [3.63, 3.8) is 0 Å². The minimum absolute atomic E-state index is 0.387. The topological polar surface area (TPSA) is 56.0 Å². The molecule has 0 aliphatic carbocycles. The van der Waals surface area contributed by atoms with Gasteiger partial charge >= 0.3 is 0 Å². The summed E-state index contributed by atoms with van der Waals surface area (Å²) < 4.78 is 0. The van der Waals surface area contributed by atoms with Crippen LogP contribution in [-0.4, -0.2) is 10.9 Å². The number of hydrogen-bond donors (Lipinski definition) is 1. The van der Waals surface area contributed by atoms with E-state index in [1.807, 2.05) is 18.2 Å². The maximum absolute atomic E-state index is 11.0. The molecule has 0 radical (unpaired) electrons. The van der Waals surface area contributed by atoms with Gasteiger partial charge in [-0.15, -0.1) is 0 Å². The summed E-state index contributed by atoms with van der Waals surface area (Å²) >= 11 is 5.89. The second-order valence-corrected chi connectivity index (χ2v) is 3.77. The highest BCUT2D eigenvalue weighted by atomic mass is 35.5. The van der Waals surface area contributed by atoms with Crippen molar-refractivity contribution >= 4 is 17.5 Å². The first-order valence-electron chi connectivity index (χ1n) is 4.67. The van der Waals surface area contributed by atoms with Gasteiger partial charge in [0, 0.05) is 23.0 Å². The van der Waals surface area contributed by atoms with Gasteiger partial charge in [-0.2, -0.15) is 0 Å². The first-order valence-corrected chi connectivity index (χ1v) is 5.05. The van der Waals surface area contributed by atoms with E-state index in [2.05, 4.69) is 4.98 Å². The van der Waals surface area contributed by atoms with Crippen molar-refractivity contribution in [3.8, 4) is 11.1 Å². The largest absolute Gasteiger partial charge is 0.366 e. The van der Waals surface area contributed by atoms with Gasteiger partial charge in [0.2, 0.25) is 5.91 Å². The molecule has 0 bridgehead atoms. The monoisotopic (exact) mass is 232 g/mol. The van der Waals surface area contributed by atoms with E-state index in [-0.39, 0.29) is 0 Å². The minimum Gasteiger partial charge on any atom is -0.366 e. The van der Waals surface area contributed by atoms with E-state index in [0.717, 1.165) is 11.1 Å². The van der Waals surface area contributed by atoms with Crippen LogP contribution >= 0.6 is 11.6 Å². The van der Waals surface area contributed by atoms with Crippen molar-refractivity contribution in [1.29, 1.82) is 0 Å². The molecular weight excluding hydrogens is 224 g/mol. The number of halogens is 1.